The summed E-state index contributed by atoms with van der Waals surface area (Å²) < 4.78 is 4.33. The van der Waals surface area contributed by atoms with Gasteiger partial charge in [0.1, 0.15) is 14.9 Å². The van der Waals surface area contributed by atoms with Gasteiger partial charge in [-0.25, -0.2) is 0 Å². The molecule has 32 heavy (non-hydrogen) atoms. The fourth-order valence-electron chi connectivity index (χ4n) is 4.56. The number of rotatable bonds is 4. The predicted molar refractivity (Wildman–Crippen MR) is 129 cm³/mol. The second kappa shape index (κ2) is 9.55. The molecule has 2 aliphatic rings. The highest BCUT2D eigenvalue weighted by molar-refractivity contribution is 7.11. The van der Waals surface area contributed by atoms with Crippen molar-refractivity contribution in [1.29, 1.82) is 0 Å². The van der Waals surface area contributed by atoms with Crippen LogP contribution in [0.4, 0.5) is 5.69 Å². The number of piperazine rings is 1. The summed E-state index contributed by atoms with van der Waals surface area (Å²) in [6, 6.07) is 8.59. The molecule has 2 saturated heterocycles. The minimum atomic E-state index is -0.979. The van der Waals surface area contributed by atoms with Crippen LogP contribution in [0.25, 0.3) is 0 Å². The highest BCUT2D eigenvalue weighted by Crippen LogP contribution is 2.31. The zero-order valence-electron chi connectivity index (χ0n) is 18.2. The lowest BCUT2D eigenvalue weighted by Gasteiger charge is -2.46. The van der Waals surface area contributed by atoms with Gasteiger partial charge in [0.05, 0.1) is 0 Å². The number of hydrogen-bond donors (Lipinski definition) is 2. The molecule has 0 spiro atoms. The van der Waals surface area contributed by atoms with Crippen molar-refractivity contribution in [1.82, 2.24) is 19.9 Å². The highest BCUT2D eigenvalue weighted by atomic mass is 35.5. The Morgan fingerprint density at radius 1 is 1.25 bits per heavy atom. The van der Waals surface area contributed by atoms with Crippen LogP contribution in [0.5, 0.6) is 0 Å². The molecule has 10 heteroatoms. The third kappa shape index (κ3) is 4.59. The molecule has 1 aromatic heterocycles. The van der Waals surface area contributed by atoms with Crippen molar-refractivity contribution in [3.63, 3.8) is 0 Å². The van der Waals surface area contributed by atoms with Crippen molar-refractivity contribution in [3.05, 3.63) is 44.9 Å². The van der Waals surface area contributed by atoms with Crippen LogP contribution in [0.1, 0.15) is 35.8 Å². The number of aryl methyl sites for hydroxylation is 1. The van der Waals surface area contributed by atoms with Crippen LogP contribution < -0.4 is 15.5 Å². The summed E-state index contributed by atoms with van der Waals surface area (Å²) in [5.74, 6) is -0.500. The van der Waals surface area contributed by atoms with E-state index < -0.39 is 11.4 Å². The third-order valence-electron chi connectivity index (χ3n) is 6.28. The van der Waals surface area contributed by atoms with Crippen LogP contribution in [0.2, 0.25) is 9.36 Å². The summed E-state index contributed by atoms with van der Waals surface area (Å²) >= 11 is 13.1. The fraction of sp³-hybridized carbons (Fsp3) is 0.500. The van der Waals surface area contributed by atoms with Gasteiger partial charge in [-0.15, -0.1) is 0 Å². The standard InChI is InChI=1S/C22H27Cl2N5O2S/c1-14-4-3-5-16(12-14)29-11-10-28(13-15(29)2)21(31)22(6-8-25-9-7-22)26-20(30)18-17(23)19(24)32-27-18/h3-5,12,15,25H,6-11,13H2,1-2H3,(H,26,30). The van der Waals surface area contributed by atoms with Gasteiger partial charge in [0.25, 0.3) is 5.91 Å². The van der Waals surface area contributed by atoms with Crippen LogP contribution in [0.3, 0.4) is 0 Å². The van der Waals surface area contributed by atoms with E-state index in [1.165, 1.54) is 11.3 Å². The fourth-order valence-corrected chi connectivity index (χ4v) is 5.55. The van der Waals surface area contributed by atoms with Crippen molar-refractivity contribution < 1.29 is 9.59 Å². The summed E-state index contributed by atoms with van der Waals surface area (Å²) in [4.78, 5) is 30.9. The van der Waals surface area contributed by atoms with Crippen molar-refractivity contribution in [2.45, 2.75) is 38.3 Å². The van der Waals surface area contributed by atoms with Crippen molar-refractivity contribution >= 4 is 52.2 Å². The topological polar surface area (TPSA) is 77.6 Å². The molecule has 2 N–H and O–H groups in total. The Morgan fingerprint density at radius 3 is 2.62 bits per heavy atom. The molecule has 0 bridgehead atoms. The van der Waals surface area contributed by atoms with Gasteiger partial charge in [0, 0.05) is 31.4 Å². The number of nitrogens with one attached hydrogen (secondary N) is 2. The molecule has 1 aromatic carbocycles. The molecular weight excluding hydrogens is 469 g/mol. The lowest BCUT2D eigenvalue weighted by molar-refractivity contribution is -0.140. The Balaban J connectivity index is 1.51. The van der Waals surface area contributed by atoms with Gasteiger partial charge >= 0.3 is 0 Å². The molecule has 0 saturated carbocycles. The quantitative estimate of drug-likeness (QED) is 0.679. The molecule has 2 aromatic rings. The Bertz CT molecular complexity index is 1010. The van der Waals surface area contributed by atoms with Gasteiger partial charge < -0.3 is 20.4 Å². The Morgan fingerprint density at radius 2 is 2.00 bits per heavy atom. The van der Waals surface area contributed by atoms with Crippen LogP contribution >= 0.6 is 34.7 Å². The summed E-state index contributed by atoms with van der Waals surface area (Å²) in [5.41, 5.74) is 1.48. The molecule has 172 valence electrons. The Kier molecular flexibility index (Phi) is 6.95. The number of amides is 2. The highest BCUT2D eigenvalue weighted by Gasteiger charge is 2.45. The largest absolute Gasteiger partial charge is 0.365 e. The van der Waals surface area contributed by atoms with E-state index in [4.69, 9.17) is 23.2 Å². The van der Waals surface area contributed by atoms with Crippen LogP contribution in [0.15, 0.2) is 24.3 Å². The van der Waals surface area contributed by atoms with Gasteiger partial charge in [-0.1, -0.05) is 35.3 Å². The molecular formula is C22H27Cl2N5O2S. The first kappa shape index (κ1) is 23.3. The molecule has 2 amide bonds. The van der Waals surface area contributed by atoms with E-state index in [-0.39, 0.29) is 27.0 Å². The van der Waals surface area contributed by atoms with Crippen LogP contribution in [-0.2, 0) is 4.79 Å². The molecule has 2 aliphatic heterocycles. The van der Waals surface area contributed by atoms with Gasteiger partial charge in [-0.3, -0.25) is 9.59 Å². The first-order valence-corrected chi connectivity index (χ1v) is 12.3. The second-order valence-electron chi connectivity index (χ2n) is 8.54. The minimum absolute atomic E-state index is 0.0412. The number of carbonyl (C=O) groups excluding carboxylic acids is 2. The first-order valence-electron chi connectivity index (χ1n) is 10.8. The Hall–Kier alpha value is -1.87. The zero-order chi connectivity index (χ0) is 22.9. The Labute approximate surface area is 202 Å². The summed E-state index contributed by atoms with van der Waals surface area (Å²) in [6.45, 7) is 7.46. The number of aromatic nitrogens is 1. The number of carbonyl (C=O) groups is 2. The van der Waals surface area contributed by atoms with E-state index in [9.17, 15) is 9.59 Å². The van der Waals surface area contributed by atoms with Crippen molar-refractivity contribution in [2.24, 2.45) is 0 Å². The summed E-state index contributed by atoms with van der Waals surface area (Å²) in [5, 5.41) is 6.39. The summed E-state index contributed by atoms with van der Waals surface area (Å²) in [6.07, 6.45) is 1.03. The van der Waals surface area contributed by atoms with Gasteiger partial charge in [0.15, 0.2) is 5.69 Å². The molecule has 7 nitrogen and oxygen atoms in total. The van der Waals surface area contributed by atoms with Gasteiger partial charge in [-0.2, -0.15) is 4.37 Å². The monoisotopic (exact) mass is 495 g/mol. The maximum absolute atomic E-state index is 13.8. The first-order chi connectivity index (χ1) is 15.3. The van der Waals surface area contributed by atoms with Crippen molar-refractivity contribution in [3.8, 4) is 0 Å². The second-order valence-corrected chi connectivity index (χ2v) is 10.3. The van der Waals surface area contributed by atoms with Crippen molar-refractivity contribution in [2.75, 3.05) is 37.6 Å². The number of hydrogen-bond acceptors (Lipinski definition) is 6. The van der Waals surface area contributed by atoms with E-state index in [0.29, 0.717) is 39.0 Å². The molecule has 4 rings (SSSR count). The lowest BCUT2D eigenvalue weighted by Crippen LogP contribution is -2.66. The van der Waals surface area contributed by atoms with Crippen LogP contribution in [-0.4, -0.2) is 65.4 Å². The minimum Gasteiger partial charge on any atom is -0.365 e. The predicted octanol–water partition coefficient (Wildman–Crippen LogP) is 3.35. The molecule has 0 aliphatic carbocycles. The smallest absolute Gasteiger partial charge is 0.273 e. The van der Waals surface area contributed by atoms with Gasteiger partial charge in [0.2, 0.25) is 5.91 Å². The van der Waals surface area contributed by atoms with E-state index in [1.807, 2.05) is 4.90 Å². The number of piperidine rings is 1. The number of benzene rings is 1. The maximum atomic E-state index is 13.8. The molecule has 3 heterocycles. The molecule has 0 radical (unpaired) electrons. The molecule has 2 fully saturated rings. The van der Waals surface area contributed by atoms with Crippen LogP contribution in [0, 0.1) is 6.92 Å². The average Bonchev–Trinajstić information content (AvgIpc) is 3.12. The summed E-state index contributed by atoms with van der Waals surface area (Å²) in [7, 11) is 0. The maximum Gasteiger partial charge on any atom is 0.273 e. The number of nitrogens with zero attached hydrogens (tertiary/aromatic N) is 3. The zero-order valence-corrected chi connectivity index (χ0v) is 20.5. The van der Waals surface area contributed by atoms with E-state index in [0.717, 1.165) is 18.1 Å². The molecule has 1 atom stereocenters. The molecule has 1 unspecified atom stereocenters. The SMILES string of the molecule is Cc1cccc(N2CCN(C(=O)C3(NC(=O)c4nsc(Cl)c4Cl)CCNCC3)CC2C)c1. The van der Waals surface area contributed by atoms with Gasteiger partial charge in [-0.05, 0) is 69.0 Å². The van der Waals surface area contributed by atoms with E-state index in [1.54, 1.807) is 0 Å². The number of halogens is 2. The third-order valence-corrected chi connectivity index (χ3v) is 7.89. The normalized spacial score (nSPS) is 20.8. The van der Waals surface area contributed by atoms with E-state index >= 15 is 0 Å². The van der Waals surface area contributed by atoms with E-state index in [2.05, 4.69) is 58.0 Å². The lowest BCUT2D eigenvalue weighted by atomic mass is 9.86. The number of anilines is 1. The average molecular weight is 496 g/mol.